The molecule has 1 aliphatic rings. The molecule has 0 radical (unpaired) electrons. The summed E-state index contributed by atoms with van der Waals surface area (Å²) in [6.07, 6.45) is 2.25. The van der Waals surface area contributed by atoms with E-state index in [0.717, 1.165) is 37.3 Å². The quantitative estimate of drug-likeness (QED) is 0.608. The Morgan fingerprint density at radius 2 is 1.80 bits per heavy atom. The predicted molar refractivity (Wildman–Crippen MR) is 98.7 cm³/mol. The molecule has 0 spiro atoms. The molecule has 0 saturated carbocycles. The molecule has 1 heterocycles. The summed E-state index contributed by atoms with van der Waals surface area (Å²) in [4.78, 5) is 26.9. The van der Waals surface area contributed by atoms with Crippen LogP contribution in [0.15, 0.2) is 42.5 Å². The minimum atomic E-state index is -0.486. The second-order valence-corrected chi connectivity index (χ2v) is 6.43. The first-order chi connectivity index (χ1) is 12.0. The minimum absolute atomic E-state index is 0.0419. The smallest absolute Gasteiger partial charge is 0.269 e. The third-order valence-corrected chi connectivity index (χ3v) is 4.61. The van der Waals surface area contributed by atoms with Gasteiger partial charge in [0.15, 0.2) is 0 Å². The Bertz CT molecular complexity index is 802. The zero-order valence-electron chi connectivity index (χ0n) is 13.8. The summed E-state index contributed by atoms with van der Waals surface area (Å²) in [7, 11) is 1.69. The van der Waals surface area contributed by atoms with Crippen molar-refractivity contribution in [1.29, 1.82) is 0 Å². The lowest BCUT2D eigenvalue weighted by Gasteiger charge is -2.26. The molecule has 0 unspecified atom stereocenters. The summed E-state index contributed by atoms with van der Waals surface area (Å²) in [5, 5.41) is 11.3. The Hall–Kier alpha value is -2.60. The highest BCUT2D eigenvalue weighted by molar-refractivity contribution is 6.31. The van der Waals surface area contributed by atoms with Gasteiger partial charge in [0, 0.05) is 42.9 Å². The standard InChI is InChI=1S/C18H18ClN3O3/c1-20(18(23)13-4-7-15(8-5-13)22(24)25)17-12-14(19)6-9-16(17)21-10-2-3-11-21/h4-9,12H,2-3,10-11H2,1H3. The van der Waals surface area contributed by atoms with Crippen molar-refractivity contribution >= 4 is 34.6 Å². The monoisotopic (exact) mass is 359 g/mol. The number of nitrogens with zero attached hydrogens (tertiary/aromatic N) is 3. The van der Waals surface area contributed by atoms with Crippen LogP contribution in [0.2, 0.25) is 5.02 Å². The summed E-state index contributed by atoms with van der Waals surface area (Å²) < 4.78 is 0. The fourth-order valence-corrected chi connectivity index (χ4v) is 3.19. The fraction of sp³-hybridized carbons (Fsp3) is 0.278. The van der Waals surface area contributed by atoms with E-state index >= 15 is 0 Å². The largest absolute Gasteiger partial charge is 0.370 e. The summed E-state index contributed by atoms with van der Waals surface area (Å²) in [5.74, 6) is -0.238. The molecule has 0 N–H and O–H groups in total. The van der Waals surface area contributed by atoms with Crippen molar-refractivity contribution in [3.8, 4) is 0 Å². The van der Waals surface area contributed by atoms with Gasteiger partial charge in [0.05, 0.1) is 16.3 Å². The molecule has 1 amide bonds. The molecule has 1 aliphatic heterocycles. The number of halogens is 1. The molecule has 3 rings (SSSR count). The maximum atomic E-state index is 12.8. The van der Waals surface area contributed by atoms with E-state index in [1.165, 1.54) is 24.3 Å². The number of anilines is 2. The van der Waals surface area contributed by atoms with Gasteiger partial charge in [-0.25, -0.2) is 0 Å². The van der Waals surface area contributed by atoms with E-state index in [2.05, 4.69) is 4.90 Å². The van der Waals surface area contributed by atoms with Gasteiger partial charge in [-0.05, 0) is 43.2 Å². The molecule has 25 heavy (non-hydrogen) atoms. The van der Waals surface area contributed by atoms with Crippen LogP contribution in [-0.4, -0.2) is 31.0 Å². The highest BCUT2D eigenvalue weighted by atomic mass is 35.5. The van der Waals surface area contributed by atoms with E-state index in [0.29, 0.717) is 10.6 Å². The molecule has 130 valence electrons. The number of non-ortho nitro benzene ring substituents is 1. The molecule has 0 aliphatic carbocycles. The second-order valence-electron chi connectivity index (χ2n) is 6.00. The zero-order valence-corrected chi connectivity index (χ0v) is 14.6. The normalized spacial score (nSPS) is 13.8. The van der Waals surface area contributed by atoms with Crippen LogP contribution in [0, 0.1) is 10.1 Å². The molecular formula is C18H18ClN3O3. The molecule has 7 heteroatoms. The van der Waals surface area contributed by atoms with E-state index in [9.17, 15) is 14.9 Å². The average Bonchev–Trinajstić information content (AvgIpc) is 3.15. The third kappa shape index (κ3) is 3.58. The van der Waals surface area contributed by atoms with Crippen LogP contribution in [0.1, 0.15) is 23.2 Å². The number of nitro groups is 1. The van der Waals surface area contributed by atoms with E-state index in [1.807, 2.05) is 12.1 Å². The van der Waals surface area contributed by atoms with Crippen molar-refractivity contribution in [1.82, 2.24) is 0 Å². The number of nitro benzene ring substituents is 1. The van der Waals surface area contributed by atoms with Crippen molar-refractivity contribution in [3.63, 3.8) is 0 Å². The maximum absolute atomic E-state index is 12.8. The first kappa shape index (κ1) is 17.2. The van der Waals surface area contributed by atoms with Crippen LogP contribution in [0.4, 0.5) is 17.1 Å². The predicted octanol–water partition coefficient (Wildman–Crippen LogP) is 4.13. The summed E-state index contributed by atoms with van der Waals surface area (Å²) in [6.45, 7) is 1.91. The minimum Gasteiger partial charge on any atom is -0.370 e. The first-order valence-corrected chi connectivity index (χ1v) is 8.42. The number of hydrogen-bond acceptors (Lipinski definition) is 4. The third-order valence-electron chi connectivity index (χ3n) is 4.38. The van der Waals surface area contributed by atoms with Gasteiger partial charge in [0.2, 0.25) is 0 Å². The molecule has 1 saturated heterocycles. The molecule has 1 fully saturated rings. The van der Waals surface area contributed by atoms with Crippen molar-refractivity contribution in [2.24, 2.45) is 0 Å². The summed E-state index contributed by atoms with van der Waals surface area (Å²) in [6, 6.07) is 11.1. The molecule has 2 aromatic carbocycles. The first-order valence-electron chi connectivity index (χ1n) is 8.04. The lowest BCUT2D eigenvalue weighted by molar-refractivity contribution is -0.384. The van der Waals surface area contributed by atoms with E-state index in [-0.39, 0.29) is 11.6 Å². The van der Waals surface area contributed by atoms with E-state index in [4.69, 9.17) is 11.6 Å². The number of hydrogen-bond donors (Lipinski definition) is 0. The van der Waals surface area contributed by atoms with Crippen LogP contribution in [0.3, 0.4) is 0 Å². The van der Waals surface area contributed by atoms with Crippen LogP contribution in [0.5, 0.6) is 0 Å². The Morgan fingerprint density at radius 1 is 1.16 bits per heavy atom. The van der Waals surface area contributed by atoms with Gasteiger partial charge in [0.25, 0.3) is 11.6 Å². The van der Waals surface area contributed by atoms with Crippen molar-refractivity contribution in [2.45, 2.75) is 12.8 Å². The van der Waals surface area contributed by atoms with Crippen LogP contribution in [0.25, 0.3) is 0 Å². The van der Waals surface area contributed by atoms with Crippen LogP contribution in [-0.2, 0) is 0 Å². The van der Waals surface area contributed by atoms with E-state index < -0.39 is 4.92 Å². The molecule has 2 aromatic rings. The Morgan fingerprint density at radius 3 is 2.40 bits per heavy atom. The maximum Gasteiger partial charge on any atom is 0.269 e. The molecule has 0 aromatic heterocycles. The fourth-order valence-electron chi connectivity index (χ4n) is 3.02. The second kappa shape index (κ2) is 7.11. The summed E-state index contributed by atoms with van der Waals surface area (Å²) in [5.41, 5.74) is 2.05. The lowest BCUT2D eigenvalue weighted by Crippen LogP contribution is -2.29. The van der Waals surface area contributed by atoms with Gasteiger partial charge in [-0.3, -0.25) is 14.9 Å². The van der Waals surface area contributed by atoms with Gasteiger partial charge in [-0.15, -0.1) is 0 Å². The topological polar surface area (TPSA) is 66.7 Å². The number of carbonyl (C=O) groups is 1. The number of carbonyl (C=O) groups excluding carboxylic acids is 1. The Labute approximate surface area is 150 Å². The number of rotatable bonds is 4. The zero-order chi connectivity index (χ0) is 18.0. The Kier molecular flexibility index (Phi) is 4.90. The SMILES string of the molecule is CN(C(=O)c1ccc([N+](=O)[O-])cc1)c1cc(Cl)ccc1N1CCCC1. The van der Waals surface area contributed by atoms with Crippen LogP contribution >= 0.6 is 11.6 Å². The van der Waals surface area contributed by atoms with Crippen molar-refractivity contribution < 1.29 is 9.72 Å². The molecule has 0 bridgehead atoms. The van der Waals surface area contributed by atoms with Gasteiger partial charge in [-0.2, -0.15) is 0 Å². The van der Waals surface area contributed by atoms with Crippen molar-refractivity contribution in [2.75, 3.05) is 29.9 Å². The van der Waals surface area contributed by atoms with Crippen LogP contribution < -0.4 is 9.80 Å². The van der Waals surface area contributed by atoms with Gasteiger partial charge in [-0.1, -0.05) is 11.6 Å². The molecule has 0 atom stereocenters. The van der Waals surface area contributed by atoms with E-state index in [1.54, 1.807) is 18.0 Å². The number of benzene rings is 2. The summed E-state index contributed by atoms with van der Waals surface area (Å²) >= 11 is 6.14. The van der Waals surface area contributed by atoms with Crippen molar-refractivity contribution in [3.05, 3.63) is 63.2 Å². The Balaban J connectivity index is 1.91. The average molecular weight is 360 g/mol. The number of amides is 1. The van der Waals surface area contributed by atoms with Gasteiger partial charge in [0.1, 0.15) is 0 Å². The molecule has 6 nitrogen and oxygen atoms in total. The highest BCUT2D eigenvalue weighted by Crippen LogP contribution is 2.34. The van der Waals surface area contributed by atoms with Gasteiger partial charge < -0.3 is 9.80 Å². The highest BCUT2D eigenvalue weighted by Gasteiger charge is 2.22. The molecular weight excluding hydrogens is 342 g/mol. The van der Waals surface area contributed by atoms with Gasteiger partial charge >= 0.3 is 0 Å². The lowest BCUT2D eigenvalue weighted by atomic mass is 10.1.